The number of carbonyl (C=O) groups excluding carboxylic acids is 1. The molecule has 1 rings (SSSR count). The van der Waals surface area contributed by atoms with Gasteiger partial charge in [-0.1, -0.05) is 11.8 Å². The molecule has 0 radical (unpaired) electrons. The summed E-state index contributed by atoms with van der Waals surface area (Å²) in [5.41, 5.74) is 0. The molecule has 0 aromatic heterocycles. The molecule has 1 saturated heterocycles. The number of rotatable bonds is 1. The van der Waals surface area contributed by atoms with Crippen molar-refractivity contribution in [2.75, 3.05) is 12.4 Å². The highest BCUT2D eigenvalue weighted by molar-refractivity contribution is 8.13. The Kier molecular flexibility index (Phi) is 1.75. The Morgan fingerprint density at radius 2 is 2.75 bits per heavy atom. The van der Waals surface area contributed by atoms with E-state index in [4.69, 9.17) is 5.11 Å². The van der Waals surface area contributed by atoms with Crippen molar-refractivity contribution in [3.8, 4) is 0 Å². The molecule has 0 aromatic carbocycles. The predicted molar refractivity (Wildman–Crippen MR) is 31.9 cm³/mol. The third-order valence-electron chi connectivity index (χ3n) is 0.958. The Morgan fingerprint density at radius 3 is 3.00 bits per heavy atom. The Morgan fingerprint density at radius 1 is 2.00 bits per heavy atom. The summed E-state index contributed by atoms with van der Waals surface area (Å²) in [6, 6.07) is -0.00694. The van der Waals surface area contributed by atoms with Crippen LogP contribution in [0.25, 0.3) is 0 Å². The summed E-state index contributed by atoms with van der Waals surface area (Å²) in [5, 5.41) is 11.0. The second kappa shape index (κ2) is 2.37. The quantitative estimate of drug-likeness (QED) is 0.521. The maximum atomic E-state index is 10.4. The SMILES string of the molecule is O=C1N[C@H](CO)CS1. The van der Waals surface area contributed by atoms with Crippen LogP contribution in [0, 0.1) is 0 Å². The van der Waals surface area contributed by atoms with E-state index in [1.807, 2.05) is 0 Å². The number of amides is 1. The monoisotopic (exact) mass is 133 g/mol. The molecule has 1 aliphatic rings. The molecule has 1 atom stereocenters. The normalized spacial score (nSPS) is 28.1. The first-order valence-corrected chi connectivity index (χ1v) is 3.35. The molecule has 0 aliphatic carbocycles. The zero-order chi connectivity index (χ0) is 5.98. The molecule has 0 unspecified atom stereocenters. The second-order valence-electron chi connectivity index (χ2n) is 1.62. The molecular formula is C4H7NO2S. The molecule has 4 heteroatoms. The zero-order valence-electron chi connectivity index (χ0n) is 4.26. The van der Waals surface area contributed by atoms with Gasteiger partial charge in [-0.2, -0.15) is 0 Å². The van der Waals surface area contributed by atoms with Gasteiger partial charge in [0.25, 0.3) is 5.24 Å². The number of aliphatic hydroxyl groups is 1. The molecule has 2 N–H and O–H groups in total. The average Bonchev–Trinajstić information content (AvgIpc) is 2.14. The van der Waals surface area contributed by atoms with Gasteiger partial charge in [0.2, 0.25) is 0 Å². The van der Waals surface area contributed by atoms with Gasteiger partial charge >= 0.3 is 0 Å². The highest BCUT2D eigenvalue weighted by Gasteiger charge is 2.19. The number of nitrogens with one attached hydrogen (secondary N) is 1. The fraction of sp³-hybridized carbons (Fsp3) is 0.750. The minimum absolute atomic E-state index is 0.00694. The summed E-state index contributed by atoms with van der Waals surface area (Å²) in [6.07, 6.45) is 0. The fourth-order valence-electron chi connectivity index (χ4n) is 0.525. The summed E-state index contributed by atoms with van der Waals surface area (Å²) < 4.78 is 0. The smallest absolute Gasteiger partial charge is 0.279 e. The van der Waals surface area contributed by atoms with Crippen molar-refractivity contribution < 1.29 is 9.90 Å². The average molecular weight is 133 g/mol. The van der Waals surface area contributed by atoms with Gasteiger partial charge < -0.3 is 10.4 Å². The summed E-state index contributed by atoms with van der Waals surface area (Å²) in [5.74, 6) is 0.704. The lowest BCUT2D eigenvalue weighted by molar-refractivity contribution is 0.241. The molecule has 8 heavy (non-hydrogen) atoms. The van der Waals surface area contributed by atoms with Crippen LogP contribution < -0.4 is 5.32 Å². The minimum atomic E-state index is -0.0240. The van der Waals surface area contributed by atoms with Gasteiger partial charge in [0.15, 0.2) is 0 Å². The topological polar surface area (TPSA) is 49.3 Å². The third-order valence-corrected chi connectivity index (χ3v) is 1.91. The molecule has 1 amide bonds. The number of thioether (sulfide) groups is 1. The van der Waals surface area contributed by atoms with Crippen LogP contribution in [0.2, 0.25) is 0 Å². The van der Waals surface area contributed by atoms with E-state index in [0.29, 0.717) is 5.75 Å². The molecule has 46 valence electrons. The van der Waals surface area contributed by atoms with Gasteiger partial charge in [-0.05, 0) is 0 Å². The highest BCUT2D eigenvalue weighted by atomic mass is 32.2. The molecule has 1 aliphatic heterocycles. The third kappa shape index (κ3) is 1.14. The van der Waals surface area contributed by atoms with E-state index >= 15 is 0 Å². The Balaban J connectivity index is 2.32. The van der Waals surface area contributed by atoms with Crippen LogP contribution >= 0.6 is 11.8 Å². The number of carbonyl (C=O) groups is 1. The van der Waals surface area contributed by atoms with Gasteiger partial charge in [0.1, 0.15) is 0 Å². The van der Waals surface area contributed by atoms with Crippen molar-refractivity contribution in [1.82, 2.24) is 5.32 Å². The standard InChI is InChI=1S/C4H7NO2S/c6-1-3-2-8-4(7)5-3/h3,6H,1-2H2,(H,5,7)/t3-/m1/s1. The van der Waals surface area contributed by atoms with Crippen molar-refractivity contribution >= 4 is 17.0 Å². The molecule has 1 fully saturated rings. The van der Waals surface area contributed by atoms with Crippen molar-refractivity contribution in [3.05, 3.63) is 0 Å². The fourth-order valence-corrected chi connectivity index (χ4v) is 1.32. The predicted octanol–water partition coefficient (Wildman–Crippen LogP) is -0.196. The van der Waals surface area contributed by atoms with E-state index in [-0.39, 0.29) is 17.9 Å². The lowest BCUT2D eigenvalue weighted by atomic mass is 10.4. The van der Waals surface area contributed by atoms with E-state index in [9.17, 15) is 4.79 Å². The molecule has 0 bridgehead atoms. The number of hydrogen-bond acceptors (Lipinski definition) is 3. The Hall–Kier alpha value is -0.220. The van der Waals surface area contributed by atoms with Crippen molar-refractivity contribution in [2.45, 2.75) is 6.04 Å². The van der Waals surface area contributed by atoms with Crippen molar-refractivity contribution in [2.24, 2.45) is 0 Å². The Labute approximate surface area is 51.5 Å². The zero-order valence-corrected chi connectivity index (χ0v) is 5.07. The maximum absolute atomic E-state index is 10.4. The lowest BCUT2D eigenvalue weighted by Crippen LogP contribution is -2.29. The number of aliphatic hydroxyl groups excluding tert-OH is 1. The summed E-state index contributed by atoms with van der Waals surface area (Å²) in [7, 11) is 0. The molecule has 0 saturated carbocycles. The molecule has 1 heterocycles. The van der Waals surface area contributed by atoms with Gasteiger partial charge in [0, 0.05) is 5.75 Å². The highest BCUT2D eigenvalue weighted by Crippen LogP contribution is 2.11. The molecule has 0 aromatic rings. The van der Waals surface area contributed by atoms with Gasteiger partial charge in [0.05, 0.1) is 12.6 Å². The maximum Gasteiger partial charge on any atom is 0.279 e. The summed E-state index contributed by atoms with van der Waals surface area (Å²) in [4.78, 5) is 10.4. The van der Waals surface area contributed by atoms with Crippen LogP contribution in [0.5, 0.6) is 0 Å². The van der Waals surface area contributed by atoms with Crippen LogP contribution in [0.1, 0.15) is 0 Å². The van der Waals surface area contributed by atoms with E-state index in [1.54, 1.807) is 0 Å². The second-order valence-corrected chi connectivity index (χ2v) is 2.62. The van der Waals surface area contributed by atoms with Gasteiger partial charge in [-0.15, -0.1) is 0 Å². The number of hydrogen-bond donors (Lipinski definition) is 2. The van der Waals surface area contributed by atoms with E-state index in [2.05, 4.69) is 5.32 Å². The molecule has 0 spiro atoms. The van der Waals surface area contributed by atoms with Gasteiger partial charge in [-0.3, -0.25) is 4.79 Å². The molecular weight excluding hydrogens is 126 g/mol. The van der Waals surface area contributed by atoms with Crippen LogP contribution in [-0.2, 0) is 0 Å². The van der Waals surface area contributed by atoms with E-state index in [1.165, 1.54) is 11.8 Å². The largest absolute Gasteiger partial charge is 0.394 e. The van der Waals surface area contributed by atoms with Crippen LogP contribution in [0.15, 0.2) is 0 Å². The van der Waals surface area contributed by atoms with Crippen LogP contribution in [-0.4, -0.2) is 28.7 Å². The van der Waals surface area contributed by atoms with Crippen molar-refractivity contribution in [3.63, 3.8) is 0 Å². The minimum Gasteiger partial charge on any atom is -0.394 e. The van der Waals surface area contributed by atoms with Crippen molar-refractivity contribution in [1.29, 1.82) is 0 Å². The first kappa shape index (κ1) is 5.91. The van der Waals surface area contributed by atoms with E-state index in [0.717, 1.165) is 0 Å². The van der Waals surface area contributed by atoms with Gasteiger partial charge in [-0.25, -0.2) is 0 Å². The molecule has 3 nitrogen and oxygen atoms in total. The van der Waals surface area contributed by atoms with E-state index < -0.39 is 0 Å². The first-order valence-electron chi connectivity index (χ1n) is 2.37. The Bertz CT molecular complexity index is 106. The summed E-state index contributed by atoms with van der Waals surface area (Å²) in [6.45, 7) is 0.0543. The first-order chi connectivity index (χ1) is 3.83. The van der Waals surface area contributed by atoms with Crippen LogP contribution in [0.4, 0.5) is 4.79 Å². The lowest BCUT2D eigenvalue weighted by Gasteiger charge is -2.00. The summed E-state index contributed by atoms with van der Waals surface area (Å²) >= 11 is 1.22. The van der Waals surface area contributed by atoms with Crippen LogP contribution in [0.3, 0.4) is 0 Å².